The first-order valence-electron chi connectivity index (χ1n) is 14.0. The monoisotopic (exact) mass is 570 g/mol. The lowest BCUT2D eigenvalue weighted by Gasteiger charge is -2.37. The van der Waals surface area contributed by atoms with Gasteiger partial charge in [-0.1, -0.05) is 24.6 Å². The molecule has 210 valence electrons. The van der Waals surface area contributed by atoms with E-state index in [1.54, 1.807) is 11.3 Å². The fourth-order valence-corrected chi connectivity index (χ4v) is 6.87. The Morgan fingerprint density at radius 1 is 1.26 bits per heavy atom. The van der Waals surface area contributed by atoms with E-state index in [0.29, 0.717) is 12.6 Å². The van der Waals surface area contributed by atoms with Crippen LogP contribution in [0.4, 0.5) is 5.13 Å². The summed E-state index contributed by atoms with van der Waals surface area (Å²) in [6.45, 7) is 10.6. The fourth-order valence-electron chi connectivity index (χ4n) is 5.57. The number of rotatable bonds is 10. The van der Waals surface area contributed by atoms with Crippen molar-refractivity contribution in [3.05, 3.63) is 57.7 Å². The van der Waals surface area contributed by atoms with Gasteiger partial charge < -0.3 is 20.6 Å². The second-order valence-electron chi connectivity index (χ2n) is 10.6. The van der Waals surface area contributed by atoms with Crippen molar-refractivity contribution in [1.29, 1.82) is 0 Å². The number of likely N-dealkylation sites (tertiary alicyclic amines) is 1. The topological polar surface area (TPSA) is 84.0 Å². The summed E-state index contributed by atoms with van der Waals surface area (Å²) >= 11 is 8.18. The highest BCUT2D eigenvalue weighted by Crippen LogP contribution is 2.36. The number of hydrogen-bond acceptors (Lipinski definition) is 8. The molecule has 5 rings (SSSR count). The third-order valence-electron chi connectivity index (χ3n) is 7.96. The van der Waals surface area contributed by atoms with Gasteiger partial charge in [0.05, 0.1) is 12.1 Å². The third-order valence-corrected chi connectivity index (χ3v) is 9.30. The van der Waals surface area contributed by atoms with E-state index in [1.807, 2.05) is 12.3 Å². The summed E-state index contributed by atoms with van der Waals surface area (Å²) in [4.78, 5) is 24.5. The van der Waals surface area contributed by atoms with Gasteiger partial charge in [0.1, 0.15) is 6.17 Å². The molecule has 8 nitrogen and oxygen atoms in total. The molecule has 4 heterocycles. The first-order chi connectivity index (χ1) is 18.9. The van der Waals surface area contributed by atoms with E-state index in [9.17, 15) is 4.79 Å². The molecule has 0 bridgehead atoms. The van der Waals surface area contributed by atoms with Crippen LogP contribution in [0.2, 0.25) is 5.02 Å². The molecule has 0 spiro atoms. The van der Waals surface area contributed by atoms with Crippen LogP contribution in [-0.4, -0.2) is 82.2 Å². The van der Waals surface area contributed by atoms with Crippen LogP contribution in [0.5, 0.6) is 0 Å². The maximum Gasteiger partial charge on any atom is 0.304 e. The Morgan fingerprint density at radius 3 is 2.79 bits per heavy atom. The number of nitrogens with zero attached hydrogens (tertiary/aromatic N) is 4. The van der Waals surface area contributed by atoms with E-state index < -0.39 is 5.97 Å². The SMILES string of the molecule is CCc1cc(-c2nc(NC3C=C(N4CCN(CCC(=O)O)CC4)C=CN3)sc2CN2CCC[C@H]2C)ccc1Cl. The zero-order chi connectivity index (χ0) is 27.4. The average Bonchev–Trinajstić information content (AvgIpc) is 3.53. The molecule has 0 amide bonds. The highest BCUT2D eigenvalue weighted by Gasteiger charge is 2.25. The fraction of sp³-hybridized carbons (Fsp3) is 0.517. The number of aliphatic carboxylic acids is 1. The molecule has 1 aromatic heterocycles. The minimum Gasteiger partial charge on any atom is -0.481 e. The highest BCUT2D eigenvalue weighted by molar-refractivity contribution is 7.16. The molecule has 1 aromatic carbocycles. The van der Waals surface area contributed by atoms with Crippen LogP contribution in [0.3, 0.4) is 0 Å². The van der Waals surface area contributed by atoms with E-state index in [4.69, 9.17) is 21.7 Å². The number of benzene rings is 1. The molecule has 10 heteroatoms. The van der Waals surface area contributed by atoms with Crippen LogP contribution in [0.1, 0.15) is 43.6 Å². The summed E-state index contributed by atoms with van der Waals surface area (Å²) < 4.78 is 0. The number of carboxylic acid groups (broad SMARTS) is 1. The maximum absolute atomic E-state index is 10.9. The Balaban J connectivity index is 1.31. The Labute approximate surface area is 240 Å². The largest absolute Gasteiger partial charge is 0.481 e. The molecule has 0 aliphatic carbocycles. The molecular formula is C29H39ClN6O2S. The average molecular weight is 571 g/mol. The molecule has 3 aliphatic rings. The molecule has 2 saturated heterocycles. The van der Waals surface area contributed by atoms with E-state index in [0.717, 1.165) is 72.7 Å². The van der Waals surface area contributed by atoms with Gasteiger partial charge in [0.15, 0.2) is 5.13 Å². The number of allylic oxidation sites excluding steroid dienone is 1. The summed E-state index contributed by atoms with van der Waals surface area (Å²) in [6.07, 6.45) is 9.84. The number of carboxylic acids is 1. The first kappa shape index (κ1) is 28.0. The Hall–Kier alpha value is -2.59. The summed E-state index contributed by atoms with van der Waals surface area (Å²) in [5.41, 5.74) is 4.49. The minimum atomic E-state index is -0.736. The number of thiazole rings is 1. The zero-order valence-corrected chi connectivity index (χ0v) is 24.4. The second kappa shape index (κ2) is 12.7. The van der Waals surface area contributed by atoms with Gasteiger partial charge in [-0.2, -0.15) is 0 Å². The van der Waals surface area contributed by atoms with Gasteiger partial charge in [-0.3, -0.25) is 14.6 Å². The van der Waals surface area contributed by atoms with E-state index >= 15 is 0 Å². The quantitative estimate of drug-likeness (QED) is 0.374. The molecule has 3 aliphatic heterocycles. The van der Waals surface area contributed by atoms with E-state index in [1.165, 1.54) is 23.4 Å². The number of piperazine rings is 1. The van der Waals surface area contributed by atoms with Crippen molar-refractivity contribution < 1.29 is 9.90 Å². The van der Waals surface area contributed by atoms with Crippen molar-refractivity contribution in [2.24, 2.45) is 0 Å². The van der Waals surface area contributed by atoms with E-state index in [2.05, 4.69) is 63.5 Å². The number of aryl methyl sites for hydroxylation is 1. The summed E-state index contributed by atoms with van der Waals surface area (Å²) in [7, 11) is 0. The number of nitrogens with one attached hydrogen (secondary N) is 2. The third kappa shape index (κ3) is 6.95. The van der Waals surface area contributed by atoms with Crippen molar-refractivity contribution >= 4 is 34.0 Å². The number of hydrogen-bond donors (Lipinski definition) is 3. The van der Waals surface area contributed by atoms with Crippen LogP contribution >= 0.6 is 22.9 Å². The molecule has 3 N–H and O–H groups in total. The van der Waals surface area contributed by atoms with Crippen LogP contribution in [0.25, 0.3) is 11.3 Å². The maximum atomic E-state index is 10.9. The highest BCUT2D eigenvalue weighted by atomic mass is 35.5. The van der Waals surface area contributed by atoms with E-state index in [-0.39, 0.29) is 12.6 Å². The van der Waals surface area contributed by atoms with Gasteiger partial charge in [-0.05, 0) is 62.6 Å². The Morgan fingerprint density at radius 2 is 2.08 bits per heavy atom. The van der Waals surface area contributed by atoms with Gasteiger partial charge >= 0.3 is 5.97 Å². The lowest BCUT2D eigenvalue weighted by molar-refractivity contribution is -0.137. The number of dihydropyridines is 1. The Bertz CT molecular complexity index is 1220. The van der Waals surface area contributed by atoms with Crippen molar-refractivity contribution in [3.8, 4) is 11.3 Å². The smallest absolute Gasteiger partial charge is 0.304 e. The van der Waals surface area contributed by atoms with Gasteiger partial charge in [0.25, 0.3) is 0 Å². The van der Waals surface area contributed by atoms with Gasteiger partial charge in [0, 0.05) is 72.7 Å². The number of aromatic nitrogens is 1. The second-order valence-corrected chi connectivity index (χ2v) is 12.1. The lowest BCUT2D eigenvalue weighted by Crippen LogP contribution is -2.47. The van der Waals surface area contributed by atoms with Crippen LogP contribution < -0.4 is 10.6 Å². The zero-order valence-electron chi connectivity index (χ0n) is 22.8. The minimum absolute atomic E-state index is 0.0657. The van der Waals surface area contributed by atoms with Gasteiger partial charge in [-0.25, -0.2) is 4.98 Å². The van der Waals surface area contributed by atoms with Crippen molar-refractivity contribution in [2.75, 3.05) is 44.6 Å². The Kier molecular flexibility index (Phi) is 9.12. The molecular weight excluding hydrogens is 532 g/mol. The number of carbonyl (C=O) groups is 1. The number of halogens is 1. The molecule has 2 aromatic rings. The lowest BCUT2D eigenvalue weighted by atomic mass is 10.1. The number of anilines is 1. The predicted octanol–water partition coefficient (Wildman–Crippen LogP) is 4.84. The van der Waals surface area contributed by atoms with Gasteiger partial charge in [-0.15, -0.1) is 11.3 Å². The van der Waals surface area contributed by atoms with Gasteiger partial charge in [0.2, 0.25) is 0 Å². The normalized spacial score (nSPS) is 22.1. The first-order valence-corrected chi connectivity index (χ1v) is 15.2. The van der Waals surface area contributed by atoms with Crippen molar-refractivity contribution in [3.63, 3.8) is 0 Å². The van der Waals surface area contributed by atoms with Crippen LogP contribution in [0, 0.1) is 0 Å². The molecule has 1 unspecified atom stereocenters. The summed E-state index contributed by atoms with van der Waals surface area (Å²) in [5.74, 6) is -0.736. The summed E-state index contributed by atoms with van der Waals surface area (Å²) in [5, 5.41) is 17.7. The van der Waals surface area contributed by atoms with Crippen molar-refractivity contribution in [2.45, 2.75) is 58.3 Å². The molecule has 0 saturated carbocycles. The summed E-state index contributed by atoms with van der Waals surface area (Å²) in [6, 6.07) is 6.86. The standard InChI is InChI=1S/C29H39ClN6O2S/c1-3-21-17-22(6-7-24(21)30)28-25(19-36-11-4-5-20(36)2)39-29(33-28)32-26-18-23(8-10-31-26)35-15-13-34(14-16-35)12-9-27(37)38/h6-8,10,17-18,20,26,31H,3-5,9,11-16,19H2,1-2H3,(H,32,33)(H,37,38)/t20-,26?/m1/s1. The van der Waals surface area contributed by atoms with Crippen molar-refractivity contribution in [1.82, 2.24) is 25.0 Å². The molecule has 2 atom stereocenters. The predicted molar refractivity (Wildman–Crippen MR) is 159 cm³/mol. The molecule has 2 fully saturated rings. The van der Waals surface area contributed by atoms with Crippen LogP contribution in [-0.2, 0) is 17.8 Å². The van der Waals surface area contributed by atoms with Crippen LogP contribution in [0.15, 0.2) is 42.2 Å². The molecule has 0 radical (unpaired) electrons. The molecule has 39 heavy (non-hydrogen) atoms.